The maximum absolute atomic E-state index is 4.81. The first kappa shape index (κ1) is 23.2. The highest BCUT2D eigenvalue weighted by atomic mass is 32.2. The quantitative estimate of drug-likeness (QED) is 0.378. The fraction of sp³-hybridized carbons (Fsp3) is 0.440. The number of rotatable bonds is 9. The van der Waals surface area contributed by atoms with Gasteiger partial charge >= 0.3 is 0 Å². The zero-order chi connectivity index (χ0) is 21.2. The molecule has 1 unspecified atom stereocenters. The molecule has 0 spiro atoms. The number of piperidine rings is 1. The van der Waals surface area contributed by atoms with Crippen LogP contribution >= 0.6 is 11.8 Å². The number of aromatic nitrogens is 1. The maximum atomic E-state index is 4.81. The van der Waals surface area contributed by atoms with E-state index in [4.69, 9.17) is 4.98 Å². The van der Waals surface area contributed by atoms with E-state index in [9.17, 15) is 0 Å². The molecule has 1 N–H and O–H groups in total. The smallest absolute Gasteiger partial charge is 0.0815 e. The van der Waals surface area contributed by atoms with Crippen molar-refractivity contribution in [3.05, 3.63) is 71.1 Å². The van der Waals surface area contributed by atoms with Crippen LogP contribution in [0.2, 0.25) is 0 Å². The molecule has 2 heterocycles. The molecule has 0 aliphatic carbocycles. The summed E-state index contributed by atoms with van der Waals surface area (Å²) < 4.78 is 0. The average Bonchev–Trinajstić information content (AvgIpc) is 2.70. The minimum atomic E-state index is 0.432. The Morgan fingerprint density at radius 3 is 2.90 bits per heavy atom. The minimum absolute atomic E-state index is 0.432. The van der Waals surface area contributed by atoms with Gasteiger partial charge in [0.15, 0.2) is 0 Å². The van der Waals surface area contributed by atoms with Crippen LogP contribution in [0.3, 0.4) is 0 Å². The minimum Gasteiger partial charge on any atom is -0.382 e. The molecule has 1 saturated heterocycles. The molecule has 1 aliphatic rings. The van der Waals surface area contributed by atoms with Crippen LogP contribution in [0.1, 0.15) is 58.3 Å². The third-order valence-corrected chi connectivity index (χ3v) is 6.05. The molecule has 0 bridgehead atoms. The predicted molar refractivity (Wildman–Crippen MR) is 130 cm³/mol. The Morgan fingerprint density at radius 1 is 1.41 bits per heavy atom. The van der Waals surface area contributed by atoms with E-state index in [1.54, 1.807) is 0 Å². The van der Waals surface area contributed by atoms with Gasteiger partial charge in [-0.2, -0.15) is 0 Å². The van der Waals surface area contributed by atoms with Gasteiger partial charge in [0.1, 0.15) is 0 Å². The summed E-state index contributed by atoms with van der Waals surface area (Å²) in [4.78, 5) is 9.48. The van der Waals surface area contributed by atoms with Crippen LogP contribution in [0, 0.1) is 5.92 Å². The Hall–Kier alpha value is -2.07. The number of nitrogens with one attached hydrogen (secondary N) is 1. The van der Waals surface area contributed by atoms with E-state index in [1.807, 2.05) is 42.3 Å². The van der Waals surface area contributed by atoms with Crippen molar-refractivity contribution in [2.75, 3.05) is 12.3 Å². The molecule has 4 heteroatoms. The van der Waals surface area contributed by atoms with Gasteiger partial charge in [-0.1, -0.05) is 46.1 Å². The number of nitrogens with zero attached hydrogens (tertiary/aromatic N) is 2. The van der Waals surface area contributed by atoms with Crippen molar-refractivity contribution in [1.82, 2.24) is 10.3 Å². The number of thioether (sulfide) groups is 1. The molecule has 0 aromatic carbocycles. The fourth-order valence-corrected chi connectivity index (χ4v) is 4.01. The first-order chi connectivity index (χ1) is 14.0. The second-order valence-electron chi connectivity index (χ2n) is 7.82. The normalized spacial score (nSPS) is 19.6. The van der Waals surface area contributed by atoms with Crippen LogP contribution < -0.4 is 5.32 Å². The molecule has 29 heavy (non-hydrogen) atoms. The predicted octanol–water partition coefficient (Wildman–Crippen LogP) is 6.41. The third-order valence-electron chi connectivity index (χ3n) is 4.94. The molecule has 2 rings (SSSR count). The third kappa shape index (κ3) is 7.04. The Labute approximate surface area is 181 Å². The van der Waals surface area contributed by atoms with Gasteiger partial charge in [-0.25, -0.2) is 4.98 Å². The van der Waals surface area contributed by atoms with Crippen LogP contribution in [0.25, 0.3) is 5.57 Å². The highest BCUT2D eigenvalue weighted by Gasteiger charge is 2.19. The maximum Gasteiger partial charge on any atom is 0.0815 e. The van der Waals surface area contributed by atoms with Crippen molar-refractivity contribution >= 4 is 23.5 Å². The molecule has 1 aromatic heterocycles. The molecule has 1 aliphatic heterocycles. The van der Waals surface area contributed by atoms with Crippen molar-refractivity contribution < 1.29 is 0 Å². The number of pyridine rings is 1. The summed E-state index contributed by atoms with van der Waals surface area (Å²) in [6.45, 7) is 17.8. The van der Waals surface area contributed by atoms with Gasteiger partial charge in [-0.05, 0) is 66.5 Å². The van der Waals surface area contributed by atoms with Gasteiger partial charge in [-0.15, -0.1) is 11.8 Å². The molecule has 0 amide bonds. The SMILES string of the molecule is C=C/C(=C1/NC(C)CCC1=C)c1cccc(C=NC/C(=C\SCCC)C(C)C)n1. The second-order valence-corrected chi connectivity index (χ2v) is 8.79. The van der Waals surface area contributed by atoms with E-state index in [2.05, 4.69) is 56.6 Å². The van der Waals surface area contributed by atoms with Crippen molar-refractivity contribution in [3.8, 4) is 0 Å². The standard InChI is InChI=1S/C25H35N3S/c1-7-14-29-17-21(18(3)4)15-26-16-22-10-9-11-24(28-22)23(8-2)25-19(5)12-13-20(6)27-25/h8-11,16-18,20,27H,2,5,7,12-15H2,1,3-4,6H3/b21-17+,25-23-,26-16?. The monoisotopic (exact) mass is 409 g/mol. The van der Waals surface area contributed by atoms with Crippen LogP contribution in [0.15, 0.2) is 64.7 Å². The molecule has 3 nitrogen and oxygen atoms in total. The highest BCUT2D eigenvalue weighted by molar-refractivity contribution is 8.02. The van der Waals surface area contributed by atoms with Crippen LogP contribution in [-0.4, -0.2) is 29.5 Å². The molecule has 156 valence electrons. The highest BCUT2D eigenvalue weighted by Crippen LogP contribution is 2.28. The summed E-state index contributed by atoms with van der Waals surface area (Å²) in [7, 11) is 0. The lowest BCUT2D eigenvalue weighted by Gasteiger charge is -2.27. The van der Waals surface area contributed by atoms with E-state index in [1.165, 1.54) is 12.0 Å². The summed E-state index contributed by atoms with van der Waals surface area (Å²) in [6, 6.07) is 6.48. The van der Waals surface area contributed by atoms with E-state index < -0.39 is 0 Å². The van der Waals surface area contributed by atoms with Crippen LogP contribution in [-0.2, 0) is 0 Å². The Kier molecular flexibility index (Phi) is 9.46. The van der Waals surface area contributed by atoms with E-state index in [0.717, 1.165) is 46.8 Å². The van der Waals surface area contributed by atoms with Gasteiger partial charge in [0, 0.05) is 23.5 Å². The lowest BCUT2D eigenvalue weighted by molar-refractivity contribution is 0.533. The van der Waals surface area contributed by atoms with E-state index >= 15 is 0 Å². The summed E-state index contributed by atoms with van der Waals surface area (Å²) in [5.74, 6) is 1.65. The van der Waals surface area contributed by atoms with E-state index in [0.29, 0.717) is 18.5 Å². The molecule has 1 atom stereocenters. The first-order valence-electron chi connectivity index (χ1n) is 10.5. The van der Waals surface area contributed by atoms with Gasteiger partial charge in [0.2, 0.25) is 0 Å². The summed E-state index contributed by atoms with van der Waals surface area (Å²) in [6.07, 6.45) is 7.05. The number of hydrogen-bond donors (Lipinski definition) is 1. The first-order valence-corrected chi connectivity index (χ1v) is 11.6. The van der Waals surface area contributed by atoms with Crippen LogP contribution in [0.5, 0.6) is 0 Å². The molecular formula is C25H35N3S. The zero-order valence-electron chi connectivity index (χ0n) is 18.4. The van der Waals surface area contributed by atoms with Gasteiger partial charge < -0.3 is 5.32 Å². The van der Waals surface area contributed by atoms with Gasteiger partial charge in [0.25, 0.3) is 0 Å². The Bertz CT molecular complexity index is 802. The van der Waals surface area contributed by atoms with Gasteiger partial charge in [-0.3, -0.25) is 4.99 Å². The largest absolute Gasteiger partial charge is 0.382 e. The molecule has 0 saturated carbocycles. The summed E-state index contributed by atoms with van der Waals surface area (Å²) >= 11 is 1.88. The van der Waals surface area contributed by atoms with Crippen molar-refractivity contribution in [2.24, 2.45) is 10.9 Å². The Balaban J connectivity index is 2.20. The number of hydrogen-bond acceptors (Lipinski definition) is 4. The van der Waals surface area contributed by atoms with Crippen LogP contribution in [0.4, 0.5) is 0 Å². The van der Waals surface area contributed by atoms with Crippen molar-refractivity contribution in [2.45, 2.75) is 53.0 Å². The number of aliphatic imine (C=N–C) groups is 1. The number of allylic oxidation sites excluding steroid dienone is 3. The molecular weight excluding hydrogens is 374 g/mol. The summed E-state index contributed by atoms with van der Waals surface area (Å²) in [5.41, 5.74) is 6.33. The average molecular weight is 410 g/mol. The molecule has 0 radical (unpaired) electrons. The lowest BCUT2D eigenvalue weighted by Crippen LogP contribution is -2.31. The van der Waals surface area contributed by atoms with Crippen molar-refractivity contribution in [1.29, 1.82) is 0 Å². The summed E-state index contributed by atoms with van der Waals surface area (Å²) in [5, 5.41) is 5.83. The fourth-order valence-electron chi connectivity index (χ4n) is 3.10. The Morgan fingerprint density at radius 2 is 2.21 bits per heavy atom. The molecule has 1 fully saturated rings. The second kappa shape index (κ2) is 11.8. The lowest BCUT2D eigenvalue weighted by atomic mass is 9.94. The topological polar surface area (TPSA) is 37.3 Å². The van der Waals surface area contributed by atoms with Gasteiger partial charge in [0.05, 0.1) is 17.9 Å². The van der Waals surface area contributed by atoms with E-state index in [-0.39, 0.29) is 0 Å². The zero-order valence-corrected chi connectivity index (χ0v) is 19.2. The van der Waals surface area contributed by atoms with Crippen molar-refractivity contribution in [3.63, 3.8) is 0 Å². The molecule has 1 aromatic rings.